The average Bonchev–Trinajstić information content (AvgIpc) is 2.10. The highest BCUT2D eigenvalue weighted by Gasteiger charge is 1.87. The van der Waals surface area contributed by atoms with E-state index in [2.05, 4.69) is 23.7 Å². The van der Waals surface area contributed by atoms with Crippen molar-refractivity contribution in [3.05, 3.63) is 0 Å². The van der Waals surface area contributed by atoms with E-state index < -0.39 is 0 Å². The minimum atomic E-state index is 0.428. The largest absolute Gasteiger partial charge is 0.290 e. The van der Waals surface area contributed by atoms with E-state index in [1.54, 1.807) is 13.8 Å². The normalized spacial score (nSPS) is 7.83. The lowest BCUT2D eigenvalue weighted by atomic mass is 10.6. The van der Waals surface area contributed by atoms with Crippen LogP contribution in [0.5, 0.6) is 0 Å². The summed E-state index contributed by atoms with van der Waals surface area (Å²) in [5.41, 5.74) is 0. The Hall–Kier alpha value is -0.260. The van der Waals surface area contributed by atoms with Crippen LogP contribution in [0.1, 0.15) is 13.8 Å². The van der Waals surface area contributed by atoms with E-state index in [9.17, 15) is 0 Å². The van der Waals surface area contributed by atoms with Gasteiger partial charge >= 0.3 is 0 Å². The molecule has 0 radical (unpaired) electrons. The Kier molecular flexibility index (Phi) is 10.5. The van der Waals surface area contributed by atoms with Gasteiger partial charge in [-0.05, 0) is 13.8 Å². The first-order valence-corrected chi connectivity index (χ1v) is 5.28. The van der Waals surface area contributed by atoms with Crippen LogP contribution < -0.4 is 0 Å². The monoisotopic (exact) mass is 202 g/mol. The SMILES string of the molecule is CC#CCOSSOCC#CC. The van der Waals surface area contributed by atoms with Crippen LogP contribution in [0.4, 0.5) is 0 Å². The molecule has 0 aromatic rings. The second-order valence-electron chi connectivity index (χ2n) is 1.51. The summed E-state index contributed by atoms with van der Waals surface area (Å²) in [7, 11) is 0. The second kappa shape index (κ2) is 10.7. The Morgan fingerprint density at radius 2 is 1.33 bits per heavy atom. The van der Waals surface area contributed by atoms with E-state index in [0.29, 0.717) is 13.2 Å². The Balaban J connectivity index is 2.97. The highest BCUT2D eigenvalue weighted by Crippen LogP contribution is 2.22. The van der Waals surface area contributed by atoms with E-state index in [0.717, 1.165) is 0 Å². The molecule has 0 aliphatic carbocycles. The van der Waals surface area contributed by atoms with Crippen LogP contribution in [-0.4, -0.2) is 13.2 Å². The molecule has 0 fully saturated rings. The molecule has 0 saturated heterocycles. The lowest BCUT2D eigenvalue weighted by molar-refractivity contribution is 0.429. The van der Waals surface area contributed by atoms with Crippen LogP contribution in [0.2, 0.25) is 0 Å². The first kappa shape index (κ1) is 11.7. The molecule has 0 heterocycles. The number of hydrogen-bond acceptors (Lipinski definition) is 4. The van der Waals surface area contributed by atoms with Gasteiger partial charge in [-0.3, -0.25) is 8.37 Å². The Bertz CT molecular complexity index is 183. The predicted molar refractivity (Wildman–Crippen MR) is 54.0 cm³/mol. The van der Waals surface area contributed by atoms with Crippen LogP contribution in [0, 0.1) is 23.7 Å². The molecule has 0 spiro atoms. The maximum Gasteiger partial charge on any atom is 0.123 e. The van der Waals surface area contributed by atoms with Crippen molar-refractivity contribution in [2.75, 3.05) is 13.2 Å². The second-order valence-corrected chi connectivity index (χ2v) is 3.07. The maximum absolute atomic E-state index is 4.99. The smallest absolute Gasteiger partial charge is 0.123 e. The zero-order chi connectivity index (χ0) is 9.07. The summed E-state index contributed by atoms with van der Waals surface area (Å²) in [5.74, 6) is 11.0. The van der Waals surface area contributed by atoms with Crippen molar-refractivity contribution in [3.63, 3.8) is 0 Å². The third kappa shape index (κ3) is 9.74. The maximum atomic E-state index is 4.99. The summed E-state index contributed by atoms with van der Waals surface area (Å²) in [6.07, 6.45) is 0. The van der Waals surface area contributed by atoms with Gasteiger partial charge < -0.3 is 0 Å². The fraction of sp³-hybridized carbons (Fsp3) is 0.500. The fourth-order valence-corrected chi connectivity index (χ4v) is 1.11. The van der Waals surface area contributed by atoms with Gasteiger partial charge in [-0.2, -0.15) is 0 Å². The van der Waals surface area contributed by atoms with Gasteiger partial charge in [0.15, 0.2) is 0 Å². The Labute approximate surface area is 81.6 Å². The van der Waals surface area contributed by atoms with Gasteiger partial charge in [0.25, 0.3) is 0 Å². The van der Waals surface area contributed by atoms with Gasteiger partial charge in [-0.25, -0.2) is 0 Å². The van der Waals surface area contributed by atoms with Gasteiger partial charge in [0.05, 0.1) is 22.1 Å². The molecule has 0 saturated carbocycles. The minimum Gasteiger partial charge on any atom is -0.290 e. The van der Waals surface area contributed by atoms with E-state index in [1.165, 1.54) is 22.1 Å². The molecule has 66 valence electrons. The van der Waals surface area contributed by atoms with Gasteiger partial charge in [-0.1, -0.05) is 11.8 Å². The number of hydrogen-bond donors (Lipinski definition) is 0. The summed E-state index contributed by atoms with van der Waals surface area (Å²) >= 11 is 2.34. The third-order valence-corrected chi connectivity index (χ3v) is 1.97. The lowest BCUT2D eigenvalue weighted by Crippen LogP contribution is -1.80. The van der Waals surface area contributed by atoms with Crippen LogP contribution >= 0.6 is 22.1 Å². The molecule has 0 rings (SSSR count). The molecule has 0 aliphatic rings. The van der Waals surface area contributed by atoms with E-state index in [4.69, 9.17) is 8.37 Å². The van der Waals surface area contributed by atoms with Gasteiger partial charge in [0.1, 0.15) is 13.2 Å². The minimum absolute atomic E-state index is 0.428. The van der Waals surface area contributed by atoms with Crippen molar-refractivity contribution < 1.29 is 8.37 Å². The third-order valence-electron chi connectivity index (χ3n) is 0.740. The summed E-state index contributed by atoms with van der Waals surface area (Å²) in [6, 6.07) is 0. The van der Waals surface area contributed by atoms with Crippen LogP contribution in [0.25, 0.3) is 0 Å². The quantitative estimate of drug-likeness (QED) is 0.294. The van der Waals surface area contributed by atoms with Crippen molar-refractivity contribution in [3.8, 4) is 23.7 Å². The molecular formula is C8H10O2S2. The van der Waals surface area contributed by atoms with Crippen LogP contribution in [-0.2, 0) is 8.37 Å². The van der Waals surface area contributed by atoms with Gasteiger partial charge in [-0.15, -0.1) is 11.8 Å². The van der Waals surface area contributed by atoms with Crippen LogP contribution in [0.15, 0.2) is 0 Å². The summed E-state index contributed by atoms with van der Waals surface area (Å²) in [6.45, 7) is 4.40. The molecule has 12 heavy (non-hydrogen) atoms. The molecule has 0 bridgehead atoms. The van der Waals surface area contributed by atoms with E-state index >= 15 is 0 Å². The fourth-order valence-electron chi connectivity index (χ4n) is 0.291. The van der Waals surface area contributed by atoms with Gasteiger partial charge in [0, 0.05) is 0 Å². The average molecular weight is 202 g/mol. The van der Waals surface area contributed by atoms with Crippen LogP contribution in [0.3, 0.4) is 0 Å². The summed E-state index contributed by atoms with van der Waals surface area (Å²) in [4.78, 5) is 0. The highest BCUT2D eigenvalue weighted by molar-refractivity contribution is 8.73. The first-order valence-electron chi connectivity index (χ1n) is 3.28. The van der Waals surface area contributed by atoms with Crippen molar-refractivity contribution in [2.45, 2.75) is 13.8 Å². The molecule has 0 aliphatic heterocycles. The molecular weight excluding hydrogens is 192 g/mol. The first-order chi connectivity index (χ1) is 5.91. The standard InChI is InChI=1S/C8H10O2S2/c1-3-5-7-9-11-12-10-8-6-4-2/h7-8H2,1-2H3. The molecule has 0 amide bonds. The van der Waals surface area contributed by atoms with Crippen molar-refractivity contribution >= 4 is 22.1 Å². The number of rotatable bonds is 5. The van der Waals surface area contributed by atoms with E-state index in [1.807, 2.05) is 0 Å². The Morgan fingerprint density at radius 1 is 0.917 bits per heavy atom. The molecule has 4 heteroatoms. The predicted octanol–water partition coefficient (Wildman–Crippen LogP) is 2.28. The topological polar surface area (TPSA) is 18.5 Å². The molecule has 0 aromatic carbocycles. The van der Waals surface area contributed by atoms with Crippen molar-refractivity contribution in [2.24, 2.45) is 0 Å². The van der Waals surface area contributed by atoms with Gasteiger partial charge in [0.2, 0.25) is 0 Å². The molecule has 0 unspecified atom stereocenters. The van der Waals surface area contributed by atoms with Crippen molar-refractivity contribution in [1.29, 1.82) is 0 Å². The Morgan fingerprint density at radius 3 is 1.67 bits per heavy atom. The zero-order valence-corrected chi connectivity index (χ0v) is 8.68. The molecule has 0 N–H and O–H groups in total. The van der Waals surface area contributed by atoms with Crippen molar-refractivity contribution in [1.82, 2.24) is 0 Å². The zero-order valence-electron chi connectivity index (χ0n) is 7.05. The summed E-state index contributed by atoms with van der Waals surface area (Å²) in [5, 5.41) is 0. The highest BCUT2D eigenvalue weighted by atomic mass is 33.1. The molecule has 0 aromatic heterocycles. The van der Waals surface area contributed by atoms with E-state index in [-0.39, 0.29) is 0 Å². The lowest BCUT2D eigenvalue weighted by Gasteiger charge is -1.94. The molecule has 2 nitrogen and oxygen atoms in total. The molecule has 0 atom stereocenters. The summed E-state index contributed by atoms with van der Waals surface area (Å²) < 4.78 is 9.97.